The molecule has 0 radical (unpaired) electrons. The van der Waals surface area contributed by atoms with Crippen molar-refractivity contribution in [2.24, 2.45) is 0 Å². The average molecular weight is 295 g/mol. The topological polar surface area (TPSA) is 52.3 Å². The van der Waals surface area contributed by atoms with Gasteiger partial charge in [0.2, 0.25) is 5.28 Å². The molecule has 19 heavy (non-hydrogen) atoms. The summed E-state index contributed by atoms with van der Waals surface area (Å²) in [5.41, 5.74) is 1.90. The van der Waals surface area contributed by atoms with E-state index in [0.717, 1.165) is 22.3 Å². The van der Waals surface area contributed by atoms with Crippen LogP contribution in [0.25, 0.3) is 15.9 Å². The molecule has 98 valence electrons. The molecule has 0 N–H and O–H groups in total. The SMILES string of the molecule is CC1(C)Cc2c(sc3nc(Cl)n4ncnc4c23)CO1. The van der Waals surface area contributed by atoms with Gasteiger partial charge in [0.15, 0.2) is 5.65 Å². The van der Waals surface area contributed by atoms with Gasteiger partial charge in [0.25, 0.3) is 0 Å². The number of rotatable bonds is 0. The maximum atomic E-state index is 6.12. The first-order chi connectivity index (χ1) is 9.05. The van der Waals surface area contributed by atoms with Crippen molar-refractivity contribution in [2.45, 2.75) is 32.5 Å². The molecule has 0 saturated heterocycles. The summed E-state index contributed by atoms with van der Waals surface area (Å²) < 4.78 is 7.43. The lowest BCUT2D eigenvalue weighted by molar-refractivity contribution is -0.0379. The average Bonchev–Trinajstić information content (AvgIpc) is 2.91. The molecule has 7 heteroatoms. The Hall–Kier alpha value is -1.24. The van der Waals surface area contributed by atoms with Gasteiger partial charge in [-0.15, -0.1) is 11.3 Å². The largest absolute Gasteiger partial charge is 0.370 e. The molecular weight excluding hydrogens is 284 g/mol. The molecule has 4 rings (SSSR count). The number of aromatic nitrogens is 4. The number of nitrogens with zero attached hydrogens (tertiary/aromatic N) is 4. The third kappa shape index (κ3) is 1.60. The van der Waals surface area contributed by atoms with E-state index in [4.69, 9.17) is 16.3 Å². The molecule has 1 aliphatic heterocycles. The van der Waals surface area contributed by atoms with Gasteiger partial charge in [0.1, 0.15) is 11.2 Å². The second-order valence-electron chi connectivity index (χ2n) is 5.29. The first-order valence-corrected chi connectivity index (χ1v) is 7.18. The van der Waals surface area contributed by atoms with Crippen molar-refractivity contribution in [3.8, 4) is 0 Å². The Balaban J connectivity index is 2.12. The lowest BCUT2D eigenvalue weighted by Crippen LogP contribution is -2.31. The van der Waals surface area contributed by atoms with Gasteiger partial charge in [-0.3, -0.25) is 0 Å². The molecule has 0 saturated carbocycles. The van der Waals surface area contributed by atoms with Crippen molar-refractivity contribution in [1.29, 1.82) is 0 Å². The predicted octanol–water partition coefficient (Wildman–Crippen LogP) is 2.84. The van der Waals surface area contributed by atoms with Crippen molar-refractivity contribution in [3.05, 3.63) is 22.1 Å². The monoisotopic (exact) mass is 294 g/mol. The predicted molar refractivity (Wildman–Crippen MR) is 73.7 cm³/mol. The van der Waals surface area contributed by atoms with E-state index >= 15 is 0 Å². The Labute approximate surface area is 118 Å². The fourth-order valence-corrected chi connectivity index (χ4v) is 3.88. The first kappa shape index (κ1) is 11.6. The highest BCUT2D eigenvalue weighted by atomic mass is 35.5. The van der Waals surface area contributed by atoms with Crippen molar-refractivity contribution >= 4 is 38.8 Å². The normalized spacial score (nSPS) is 18.1. The fraction of sp³-hybridized carbons (Fsp3) is 0.417. The Kier molecular flexibility index (Phi) is 2.23. The number of halogens is 1. The fourth-order valence-electron chi connectivity index (χ4n) is 2.53. The van der Waals surface area contributed by atoms with E-state index in [1.54, 1.807) is 15.9 Å². The van der Waals surface area contributed by atoms with Gasteiger partial charge >= 0.3 is 0 Å². The van der Waals surface area contributed by atoms with Crippen LogP contribution in [0, 0.1) is 0 Å². The summed E-state index contributed by atoms with van der Waals surface area (Å²) in [7, 11) is 0. The van der Waals surface area contributed by atoms with E-state index in [2.05, 4.69) is 28.9 Å². The highest BCUT2D eigenvalue weighted by Gasteiger charge is 2.30. The summed E-state index contributed by atoms with van der Waals surface area (Å²) in [5, 5.41) is 5.53. The van der Waals surface area contributed by atoms with Crippen molar-refractivity contribution in [2.75, 3.05) is 0 Å². The highest BCUT2D eigenvalue weighted by molar-refractivity contribution is 7.19. The summed E-state index contributed by atoms with van der Waals surface area (Å²) in [5.74, 6) is 0. The lowest BCUT2D eigenvalue weighted by Gasteiger charge is -2.30. The zero-order valence-corrected chi connectivity index (χ0v) is 12.0. The Morgan fingerprint density at radius 3 is 3.16 bits per heavy atom. The molecular formula is C12H11ClN4OS. The van der Waals surface area contributed by atoms with E-state index in [-0.39, 0.29) is 5.60 Å². The van der Waals surface area contributed by atoms with Crippen molar-refractivity contribution in [3.63, 3.8) is 0 Å². The standard InChI is InChI=1S/C12H11ClN4OS/c1-12(2)3-6-7(4-18-12)19-10-8(6)9-14-5-15-17(9)11(13)16-10/h5H,3-4H2,1-2H3. The van der Waals surface area contributed by atoms with Crippen LogP contribution in [-0.4, -0.2) is 25.2 Å². The zero-order valence-electron chi connectivity index (χ0n) is 10.5. The minimum absolute atomic E-state index is 0.155. The van der Waals surface area contributed by atoms with Gasteiger partial charge in [-0.1, -0.05) is 0 Å². The van der Waals surface area contributed by atoms with E-state index in [9.17, 15) is 0 Å². The number of fused-ring (bicyclic) bond motifs is 5. The number of hydrogen-bond acceptors (Lipinski definition) is 5. The van der Waals surface area contributed by atoms with E-state index in [0.29, 0.717) is 11.9 Å². The van der Waals surface area contributed by atoms with Crippen LogP contribution in [0.1, 0.15) is 24.3 Å². The van der Waals surface area contributed by atoms with Gasteiger partial charge in [-0.2, -0.15) is 9.61 Å². The Morgan fingerprint density at radius 1 is 1.47 bits per heavy atom. The van der Waals surface area contributed by atoms with Crippen LogP contribution in [-0.2, 0) is 17.8 Å². The number of ether oxygens (including phenoxy) is 1. The maximum absolute atomic E-state index is 6.12. The van der Waals surface area contributed by atoms with Gasteiger partial charge in [0.05, 0.1) is 17.6 Å². The van der Waals surface area contributed by atoms with Gasteiger partial charge in [-0.05, 0) is 31.0 Å². The first-order valence-electron chi connectivity index (χ1n) is 5.99. The molecule has 0 atom stereocenters. The highest BCUT2D eigenvalue weighted by Crippen LogP contribution is 2.39. The molecule has 0 bridgehead atoms. The molecule has 3 aromatic heterocycles. The Morgan fingerprint density at radius 2 is 2.32 bits per heavy atom. The van der Waals surface area contributed by atoms with Crippen LogP contribution >= 0.6 is 22.9 Å². The van der Waals surface area contributed by atoms with Crippen LogP contribution in [0.15, 0.2) is 6.33 Å². The summed E-state index contributed by atoms with van der Waals surface area (Å²) in [6.45, 7) is 4.83. The van der Waals surface area contributed by atoms with E-state index in [1.165, 1.54) is 16.8 Å². The molecule has 0 fully saturated rings. The summed E-state index contributed by atoms with van der Waals surface area (Å²) >= 11 is 7.75. The molecule has 0 amide bonds. The molecule has 5 nitrogen and oxygen atoms in total. The molecule has 1 aliphatic rings. The molecule has 0 aromatic carbocycles. The summed E-state index contributed by atoms with van der Waals surface area (Å²) in [6.07, 6.45) is 2.37. The molecule has 3 aromatic rings. The van der Waals surface area contributed by atoms with E-state index in [1.807, 2.05) is 0 Å². The molecule has 0 spiro atoms. The number of hydrogen-bond donors (Lipinski definition) is 0. The second-order valence-corrected chi connectivity index (χ2v) is 6.71. The van der Waals surface area contributed by atoms with Crippen molar-refractivity contribution < 1.29 is 4.74 Å². The minimum atomic E-state index is -0.155. The molecule has 0 aliphatic carbocycles. The van der Waals surface area contributed by atoms with Gasteiger partial charge < -0.3 is 4.74 Å². The van der Waals surface area contributed by atoms with Crippen LogP contribution in [0.3, 0.4) is 0 Å². The maximum Gasteiger partial charge on any atom is 0.227 e. The minimum Gasteiger partial charge on any atom is -0.370 e. The quantitative estimate of drug-likeness (QED) is 0.598. The smallest absolute Gasteiger partial charge is 0.227 e. The second kappa shape index (κ2) is 3.65. The molecule has 0 unspecified atom stereocenters. The molecule has 4 heterocycles. The lowest BCUT2D eigenvalue weighted by atomic mass is 9.94. The van der Waals surface area contributed by atoms with E-state index < -0.39 is 0 Å². The Bertz CT molecular complexity index is 807. The third-order valence-electron chi connectivity index (χ3n) is 3.41. The summed E-state index contributed by atoms with van der Waals surface area (Å²) in [4.78, 5) is 10.9. The van der Waals surface area contributed by atoms with Crippen LogP contribution in [0.4, 0.5) is 0 Å². The van der Waals surface area contributed by atoms with Crippen LogP contribution < -0.4 is 0 Å². The number of thiophene rings is 1. The third-order valence-corrected chi connectivity index (χ3v) is 4.75. The summed E-state index contributed by atoms with van der Waals surface area (Å²) in [6, 6.07) is 0. The van der Waals surface area contributed by atoms with Crippen LogP contribution in [0.2, 0.25) is 5.28 Å². The zero-order chi connectivity index (χ0) is 13.2. The van der Waals surface area contributed by atoms with Gasteiger partial charge in [0, 0.05) is 11.3 Å². The van der Waals surface area contributed by atoms with Crippen molar-refractivity contribution in [1.82, 2.24) is 19.6 Å². The van der Waals surface area contributed by atoms with Gasteiger partial charge in [-0.25, -0.2) is 9.97 Å². The van der Waals surface area contributed by atoms with Crippen LogP contribution in [0.5, 0.6) is 0 Å².